The normalized spacial score (nSPS) is 16.1. The number of hydrogen-bond donors (Lipinski definition) is 1. The molecule has 4 aromatic rings. The molecule has 5 heteroatoms. The van der Waals surface area contributed by atoms with Gasteiger partial charge in [-0.3, -0.25) is 0 Å². The Morgan fingerprint density at radius 3 is 1.78 bits per heavy atom. The number of aliphatic hydroxyl groups excluding tert-OH is 1. The van der Waals surface area contributed by atoms with E-state index < -0.39 is 0 Å². The van der Waals surface area contributed by atoms with Gasteiger partial charge in [0.05, 0.1) is 13.2 Å². The molecule has 1 aliphatic carbocycles. The lowest BCUT2D eigenvalue weighted by Gasteiger charge is -2.29. The maximum Gasteiger partial charge on any atom is 0.333 e. The molecule has 0 radical (unpaired) electrons. The van der Waals surface area contributed by atoms with E-state index in [1.807, 2.05) is 0 Å². The minimum atomic E-state index is -0.358. The third-order valence-corrected chi connectivity index (χ3v) is 14.0. The first-order chi connectivity index (χ1) is 31.1. The van der Waals surface area contributed by atoms with Crippen molar-refractivity contribution in [3.8, 4) is 39.1 Å². The van der Waals surface area contributed by atoms with Crippen LogP contribution in [0.15, 0.2) is 84.9 Å². The van der Waals surface area contributed by atoms with E-state index in [4.69, 9.17) is 14.2 Å². The number of esters is 1. The molecule has 5 rings (SSSR count). The predicted octanol–water partition coefficient (Wildman–Crippen LogP) is 15.3. The van der Waals surface area contributed by atoms with Gasteiger partial charge < -0.3 is 19.3 Å². The topological polar surface area (TPSA) is 65.0 Å². The lowest BCUT2D eigenvalue weighted by molar-refractivity contribution is -0.139. The van der Waals surface area contributed by atoms with Gasteiger partial charge in [0, 0.05) is 25.9 Å². The quantitative estimate of drug-likeness (QED) is 0.0367. The van der Waals surface area contributed by atoms with E-state index in [0.717, 1.165) is 74.2 Å². The van der Waals surface area contributed by atoms with E-state index in [0.29, 0.717) is 44.2 Å². The molecule has 0 aromatic heterocycles. The number of unbranched alkanes of at least 4 members (excludes halogenated alkanes) is 3. The second kappa shape index (κ2) is 26.1. The van der Waals surface area contributed by atoms with Crippen molar-refractivity contribution in [2.24, 2.45) is 11.3 Å². The van der Waals surface area contributed by atoms with Crippen LogP contribution >= 0.6 is 0 Å². The van der Waals surface area contributed by atoms with Crippen LogP contribution in [0.1, 0.15) is 165 Å². The van der Waals surface area contributed by atoms with Crippen LogP contribution < -0.4 is 4.74 Å². The van der Waals surface area contributed by atoms with Gasteiger partial charge >= 0.3 is 5.97 Å². The van der Waals surface area contributed by atoms with Crippen molar-refractivity contribution < 1.29 is 24.1 Å². The Bertz CT molecular complexity index is 2050. The van der Waals surface area contributed by atoms with Crippen LogP contribution in [0, 0.1) is 11.3 Å². The van der Waals surface area contributed by atoms with Crippen LogP contribution in [0.4, 0.5) is 0 Å². The summed E-state index contributed by atoms with van der Waals surface area (Å²) in [4.78, 5) is 12.2. The van der Waals surface area contributed by atoms with E-state index >= 15 is 0 Å². The number of methoxy groups -OCH3 is 1. The van der Waals surface area contributed by atoms with Gasteiger partial charge in [0.1, 0.15) is 5.75 Å². The zero-order chi connectivity index (χ0) is 45.9. The number of ether oxygens (including phenoxy) is 3. The van der Waals surface area contributed by atoms with Crippen LogP contribution in [0.2, 0.25) is 0 Å². The highest BCUT2D eigenvalue weighted by atomic mass is 16.5. The van der Waals surface area contributed by atoms with E-state index in [1.165, 1.54) is 101 Å². The zero-order valence-electron chi connectivity index (χ0n) is 40.9. The standard InChI is InChI=1S/C59H82O5/c1-9-13-15-18-44-21-23-47(24-22-44)48-25-27-49(28-26-48)55-31-29-50(38-45(55)11-3)51-30-32-56(46(12-4)39-51)54-40-52(19-16-35-62-8)57(63-37-34-59(7,42-60)33-14-10-2)53(41-54)20-17-36-64-58(61)43(5)6/h25-32,38-41,44,47,60H,5,9-24,33-37,42H2,1-4,6-8H3. The van der Waals surface area contributed by atoms with Gasteiger partial charge in [0.2, 0.25) is 0 Å². The first-order valence-electron chi connectivity index (χ1n) is 25.1. The highest BCUT2D eigenvalue weighted by Gasteiger charge is 2.25. The minimum absolute atomic E-state index is 0.143. The molecule has 0 saturated heterocycles. The molecule has 5 nitrogen and oxygen atoms in total. The largest absolute Gasteiger partial charge is 0.493 e. The zero-order valence-corrected chi connectivity index (χ0v) is 40.9. The Morgan fingerprint density at radius 2 is 1.23 bits per heavy atom. The molecule has 1 saturated carbocycles. The van der Waals surface area contributed by atoms with E-state index in [1.54, 1.807) is 14.0 Å². The highest BCUT2D eigenvalue weighted by molar-refractivity contribution is 5.87. The Labute approximate surface area is 388 Å². The molecule has 0 amide bonds. The SMILES string of the molecule is C=C(C)C(=O)OCCCc1cc(-c2ccc(-c3ccc(-c4ccc(C5CCC(CCCCC)CC5)cc4)c(CC)c3)cc2CC)cc(CCCOC)c1OCCC(C)(CO)CCCC. The number of aliphatic hydroxyl groups is 1. The maximum atomic E-state index is 12.2. The molecule has 1 fully saturated rings. The van der Waals surface area contributed by atoms with Crippen LogP contribution in [0.5, 0.6) is 5.75 Å². The summed E-state index contributed by atoms with van der Waals surface area (Å²) in [7, 11) is 1.75. The van der Waals surface area contributed by atoms with Gasteiger partial charge in [-0.1, -0.05) is 140 Å². The molecule has 4 aromatic carbocycles. The Morgan fingerprint density at radius 1 is 0.672 bits per heavy atom. The lowest BCUT2D eigenvalue weighted by Crippen LogP contribution is -2.24. The summed E-state index contributed by atoms with van der Waals surface area (Å²) in [5, 5.41) is 10.3. The number of benzene rings is 4. The van der Waals surface area contributed by atoms with Crippen LogP contribution in [0.25, 0.3) is 33.4 Å². The second-order valence-electron chi connectivity index (χ2n) is 19.2. The van der Waals surface area contributed by atoms with Crippen molar-refractivity contribution in [3.05, 3.63) is 113 Å². The maximum absolute atomic E-state index is 12.2. The smallest absolute Gasteiger partial charge is 0.333 e. The van der Waals surface area contributed by atoms with Crippen molar-refractivity contribution in [3.63, 3.8) is 0 Å². The average Bonchev–Trinajstić information content (AvgIpc) is 3.32. The molecule has 1 aliphatic rings. The fraction of sp³-hybridized carbons (Fsp3) is 0.542. The van der Waals surface area contributed by atoms with Crippen molar-refractivity contribution in [2.75, 3.05) is 33.5 Å². The predicted molar refractivity (Wildman–Crippen MR) is 269 cm³/mol. The van der Waals surface area contributed by atoms with Crippen molar-refractivity contribution in [1.29, 1.82) is 0 Å². The molecule has 0 spiro atoms. The van der Waals surface area contributed by atoms with Crippen molar-refractivity contribution in [1.82, 2.24) is 0 Å². The lowest BCUT2D eigenvalue weighted by atomic mass is 9.77. The van der Waals surface area contributed by atoms with Gasteiger partial charge in [0.25, 0.3) is 0 Å². The molecule has 1 atom stereocenters. The van der Waals surface area contributed by atoms with E-state index in [9.17, 15) is 9.90 Å². The third kappa shape index (κ3) is 14.4. The van der Waals surface area contributed by atoms with Crippen molar-refractivity contribution in [2.45, 2.75) is 163 Å². The number of rotatable bonds is 27. The summed E-state index contributed by atoms with van der Waals surface area (Å²) >= 11 is 0. The summed E-state index contributed by atoms with van der Waals surface area (Å²) in [6.45, 7) is 18.2. The minimum Gasteiger partial charge on any atom is -0.493 e. The molecule has 1 unspecified atom stereocenters. The number of aryl methyl sites for hydroxylation is 4. The summed E-state index contributed by atoms with van der Waals surface area (Å²) < 4.78 is 17.8. The van der Waals surface area contributed by atoms with Crippen LogP contribution in [-0.2, 0) is 40.0 Å². The fourth-order valence-electron chi connectivity index (χ4n) is 9.81. The van der Waals surface area contributed by atoms with Crippen LogP contribution in [0.3, 0.4) is 0 Å². The van der Waals surface area contributed by atoms with Crippen molar-refractivity contribution >= 4 is 5.97 Å². The fourth-order valence-corrected chi connectivity index (χ4v) is 9.81. The molecule has 0 heterocycles. The second-order valence-corrected chi connectivity index (χ2v) is 19.2. The summed E-state index contributed by atoms with van der Waals surface area (Å²) in [5.74, 6) is 2.19. The van der Waals surface area contributed by atoms with E-state index in [-0.39, 0.29) is 18.0 Å². The first-order valence-corrected chi connectivity index (χ1v) is 25.1. The molecule has 0 aliphatic heterocycles. The highest BCUT2D eigenvalue weighted by Crippen LogP contribution is 2.40. The number of carbonyl (C=O) groups is 1. The third-order valence-electron chi connectivity index (χ3n) is 14.0. The monoisotopic (exact) mass is 871 g/mol. The summed E-state index contributed by atoms with van der Waals surface area (Å²) in [6.07, 6.45) is 19.8. The number of carbonyl (C=O) groups excluding carboxylic acids is 1. The molecule has 64 heavy (non-hydrogen) atoms. The summed E-state index contributed by atoms with van der Waals surface area (Å²) in [5.41, 5.74) is 14.2. The molecule has 1 N–H and O–H groups in total. The number of hydrogen-bond acceptors (Lipinski definition) is 5. The summed E-state index contributed by atoms with van der Waals surface area (Å²) in [6, 6.07) is 28.2. The van der Waals surface area contributed by atoms with E-state index in [2.05, 4.69) is 114 Å². The molecule has 348 valence electrons. The van der Waals surface area contributed by atoms with Crippen LogP contribution in [-0.4, -0.2) is 44.6 Å². The molecule has 0 bridgehead atoms. The van der Waals surface area contributed by atoms with Gasteiger partial charge in [-0.2, -0.15) is 0 Å². The van der Waals surface area contributed by atoms with Gasteiger partial charge in [-0.05, 0) is 175 Å². The Balaban J connectivity index is 1.41. The molecular formula is C59H82O5. The molecular weight excluding hydrogens is 789 g/mol. The van der Waals surface area contributed by atoms with Gasteiger partial charge in [-0.25, -0.2) is 4.79 Å². The Hall–Kier alpha value is -4.19. The van der Waals surface area contributed by atoms with Gasteiger partial charge in [-0.15, -0.1) is 0 Å². The Kier molecular flexibility index (Phi) is 20.7. The van der Waals surface area contributed by atoms with Gasteiger partial charge in [0.15, 0.2) is 0 Å². The first kappa shape index (κ1) is 50.8. The average molecular weight is 871 g/mol.